The van der Waals surface area contributed by atoms with Gasteiger partial charge in [-0.3, -0.25) is 9.78 Å². The van der Waals surface area contributed by atoms with Gasteiger partial charge in [0.25, 0.3) is 0 Å². The second-order valence-electron chi connectivity index (χ2n) is 11.2. The molecule has 1 fully saturated rings. The molecule has 1 aromatic carbocycles. The third kappa shape index (κ3) is 4.96. The average molecular weight is 589 g/mol. The number of amides is 1. The van der Waals surface area contributed by atoms with Crippen molar-refractivity contribution in [3.63, 3.8) is 0 Å². The molecule has 0 spiro atoms. The Morgan fingerprint density at radius 3 is 2.52 bits per heavy atom. The number of hydrogen-bond acceptors (Lipinski definition) is 6. The number of fused-ring (bicyclic) bond motifs is 1. The number of anilines is 1. The van der Waals surface area contributed by atoms with Crippen molar-refractivity contribution in [2.75, 3.05) is 18.0 Å². The molecule has 10 heteroatoms. The van der Waals surface area contributed by atoms with Crippen LogP contribution in [0.2, 0.25) is 5.02 Å². The van der Waals surface area contributed by atoms with Crippen molar-refractivity contribution in [3.05, 3.63) is 87.3 Å². The second kappa shape index (κ2) is 11.3. The van der Waals surface area contributed by atoms with E-state index in [-0.39, 0.29) is 40.2 Å². The molecular weight excluding hydrogens is 555 g/mol. The molecule has 3 aromatic heterocycles. The van der Waals surface area contributed by atoms with Gasteiger partial charge in [0.05, 0.1) is 27.5 Å². The van der Waals surface area contributed by atoms with E-state index in [1.807, 2.05) is 45.6 Å². The Kier molecular flexibility index (Phi) is 7.90. The molecule has 8 nitrogen and oxygen atoms in total. The lowest BCUT2D eigenvalue weighted by Gasteiger charge is -2.44. The topological polar surface area (TPSA) is 84.2 Å². The molecule has 0 bridgehead atoms. The van der Waals surface area contributed by atoms with Crippen molar-refractivity contribution in [1.29, 1.82) is 0 Å². The fraction of sp³-hybridized carbons (Fsp3) is 0.344. The molecule has 2 atom stereocenters. The predicted octanol–water partition coefficient (Wildman–Crippen LogP) is 5.99. The molecule has 0 aliphatic carbocycles. The van der Waals surface area contributed by atoms with Crippen molar-refractivity contribution in [1.82, 2.24) is 24.4 Å². The first-order valence-corrected chi connectivity index (χ1v) is 14.4. The van der Waals surface area contributed by atoms with Crippen LogP contribution in [0.4, 0.5) is 10.2 Å². The summed E-state index contributed by atoms with van der Waals surface area (Å²) in [6, 6.07) is 8.01. The van der Waals surface area contributed by atoms with Gasteiger partial charge >= 0.3 is 5.69 Å². The molecule has 1 aliphatic heterocycles. The van der Waals surface area contributed by atoms with E-state index in [9.17, 15) is 9.59 Å². The summed E-state index contributed by atoms with van der Waals surface area (Å²) in [5.74, 6) is -0.198. The Labute approximate surface area is 249 Å². The van der Waals surface area contributed by atoms with Crippen LogP contribution >= 0.6 is 11.6 Å². The summed E-state index contributed by atoms with van der Waals surface area (Å²) in [5, 5.41) is 0.773. The minimum atomic E-state index is -0.536. The first kappa shape index (κ1) is 29.4. The van der Waals surface area contributed by atoms with E-state index in [0.717, 1.165) is 5.56 Å². The lowest BCUT2D eigenvalue weighted by atomic mass is 10.0. The monoisotopic (exact) mass is 588 g/mol. The molecule has 0 N–H and O–H groups in total. The number of nitrogens with zero attached hydrogens (tertiary/aromatic N) is 6. The standard InChI is InChI=1S/C32H34ClFN6O2/c1-8-25(41)38-15-21(7)39(16-20(38)6)30-22-14-23(33)28(26-18(4)10-9-11-24(26)34)36-31(22)40(32(42)37-30)29-19(5)12-13-35-27(29)17(2)3/h8-14,17,20-21H,1,15-16H2,2-7H3. The van der Waals surface area contributed by atoms with Crippen LogP contribution in [0.1, 0.15) is 50.4 Å². The number of halogens is 2. The zero-order valence-corrected chi connectivity index (χ0v) is 25.4. The summed E-state index contributed by atoms with van der Waals surface area (Å²) in [6.07, 6.45) is 3.03. The number of pyridine rings is 2. The quantitative estimate of drug-likeness (QED) is 0.266. The first-order chi connectivity index (χ1) is 19.9. The van der Waals surface area contributed by atoms with Gasteiger partial charge in [-0.15, -0.1) is 0 Å². The summed E-state index contributed by atoms with van der Waals surface area (Å²) in [4.78, 5) is 44.4. The SMILES string of the molecule is C=CC(=O)N1CC(C)N(c2nc(=O)n(-c3c(C)ccnc3C(C)C)c3nc(-c4c(C)cccc4F)c(Cl)cc23)CC1C. The number of hydrogen-bond donors (Lipinski definition) is 0. The Balaban J connectivity index is 1.85. The highest BCUT2D eigenvalue weighted by molar-refractivity contribution is 6.34. The first-order valence-electron chi connectivity index (χ1n) is 14.0. The van der Waals surface area contributed by atoms with Gasteiger partial charge in [-0.25, -0.2) is 18.7 Å². The normalized spacial score (nSPS) is 17.3. The van der Waals surface area contributed by atoms with Gasteiger partial charge in [-0.1, -0.05) is 44.2 Å². The van der Waals surface area contributed by atoms with E-state index < -0.39 is 11.5 Å². The summed E-state index contributed by atoms with van der Waals surface area (Å²) < 4.78 is 16.7. The molecule has 4 heterocycles. The fourth-order valence-corrected chi connectivity index (χ4v) is 6.01. The molecule has 5 rings (SSSR count). The minimum Gasteiger partial charge on any atom is -0.349 e. The number of benzene rings is 1. The Hall–Kier alpha value is -4.11. The maximum absolute atomic E-state index is 15.2. The molecule has 4 aromatic rings. The highest BCUT2D eigenvalue weighted by Crippen LogP contribution is 2.37. The van der Waals surface area contributed by atoms with Gasteiger partial charge in [-0.05, 0) is 69.0 Å². The number of carbonyl (C=O) groups excluding carboxylic acids is 1. The Morgan fingerprint density at radius 1 is 1.12 bits per heavy atom. The Morgan fingerprint density at radius 2 is 1.86 bits per heavy atom. The summed E-state index contributed by atoms with van der Waals surface area (Å²) in [6.45, 7) is 16.1. The van der Waals surface area contributed by atoms with Crippen molar-refractivity contribution in [3.8, 4) is 16.9 Å². The van der Waals surface area contributed by atoms with Crippen LogP contribution in [0, 0.1) is 19.7 Å². The van der Waals surface area contributed by atoms with Crippen molar-refractivity contribution in [2.45, 2.75) is 59.5 Å². The van der Waals surface area contributed by atoms with Crippen molar-refractivity contribution in [2.24, 2.45) is 0 Å². The zero-order valence-electron chi connectivity index (χ0n) is 24.7. The summed E-state index contributed by atoms with van der Waals surface area (Å²) in [7, 11) is 0. The molecule has 1 aliphatic rings. The van der Waals surface area contributed by atoms with Crippen LogP contribution in [0.3, 0.4) is 0 Å². The van der Waals surface area contributed by atoms with Gasteiger partial charge in [0.2, 0.25) is 5.91 Å². The second-order valence-corrected chi connectivity index (χ2v) is 11.6. The van der Waals surface area contributed by atoms with E-state index in [2.05, 4.69) is 16.5 Å². The summed E-state index contributed by atoms with van der Waals surface area (Å²) >= 11 is 6.85. The average Bonchev–Trinajstić information content (AvgIpc) is 2.94. The molecule has 2 unspecified atom stereocenters. The molecule has 218 valence electrons. The number of piperazine rings is 1. The van der Waals surface area contributed by atoms with Gasteiger partial charge < -0.3 is 9.80 Å². The van der Waals surface area contributed by atoms with E-state index in [0.29, 0.717) is 46.9 Å². The highest BCUT2D eigenvalue weighted by Gasteiger charge is 2.34. The lowest BCUT2D eigenvalue weighted by Crippen LogP contribution is -2.58. The van der Waals surface area contributed by atoms with Crippen molar-refractivity contribution >= 4 is 34.4 Å². The van der Waals surface area contributed by atoms with E-state index >= 15 is 4.39 Å². The Bertz CT molecular complexity index is 1770. The summed E-state index contributed by atoms with van der Waals surface area (Å²) in [5.41, 5.74) is 3.07. The molecule has 42 heavy (non-hydrogen) atoms. The number of aryl methyl sites for hydroxylation is 2. The minimum absolute atomic E-state index is 0.00143. The van der Waals surface area contributed by atoms with E-state index in [1.165, 1.54) is 16.7 Å². The largest absolute Gasteiger partial charge is 0.355 e. The number of rotatable bonds is 5. The van der Waals surface area contributed by atoms with Gasteiger partial charge in [0.15, 0.2) is 5.65 Å². The lowest BCUT2D eigenvalue weighted by molar-refractivity contribution is -0.128. The molecule has 0 saturated carbocycles. The molecular formula is C32H34ClFN6O2. The highest BCUT2D eigenvalue weighted by atomic mass is 35.5. The molecule has 1 saturated heterocycles. The smallest absolute Gasteiger partial charge is 0.349 e. The van der Waals surface area contributed by atoms with Gasteiger partial charge in [0, 0.05) is 36.9 Å². The van der Waals surface area contributed by atoms with E-state index in [1.54, 1.807) is 36.2 Å². The van der Waals surface area contributed by atoms with Crippen LogP contribution in [0.5, 0.6) is 0 Å². The predicted molar refractivity (Wildman–Crippen MR) is 165 cm³/mol. The van der Waals surface area contributed by atoms with Crippen molar-refractivity contribution < 1.29 is 9.18 Å². The maximum atomic E-state index is 15.2. The van der Waals surface area contributed by atoms with Gasteiger partial charge in [0.1, 0.15) is 11.6 Å². The number of carbonyl (C=O) groups is 1. The molecule has 0 radical (unpaired) electrons. The van der Waals surface area contributed by atoms with Crippen LogP contribution in [-0.4, -0.2) is 55.5 Å². The third-order valence-corrected chi connectivity index (χ3v) is 8.19. The van der Waals surface area contributed by atoms with Crippen LogP contribution in [0.15, 0.2) is 54.0 Å². The van der Waals surface area contributed by atoms with Gasteiger partial charge in [-0.2, -0.15) is 4.98 Å². The van der Waals surface area contributed by atoms with Crippen LogP contribution in [0.25, 0.3) is 28.0 Å². The molecule has 1 amide bonds. The zero-order chi connectivity index (χ0) is 30.5. The van der Waals surface area contributed by atoms with E-state index in [4.69, 9.17) is 16.6 Å². The van der Waals surface area contributed by atoms with Crippen LogP contribution in [-0.2, 0) is 4.79 Å². The maximum Gasteiger partial charge on any atom is 0.355 e. The fourth-order valence-electron chi connectivity index (χ4n) is 5.76. The number of aromatic nitrogens is 4. The van der Waals surface area contributed by atoms with Crippen LogP contribution < -0.4 is 10.6 Å². The third-order valence-electron chi connectivity index (χ3n) is 7.90.